The molecular weight excluding hydrogens is 839 g/mol. The first-order chi connectivity index (χ1) is 32.9. The molecule has 1 spiro atoms. The Kier molecular flexibility index (Phi) is 8.81. The molecule has 1 nitrogen and oxygen atoms in total. The zero-order valence-electron chi connectivity index (χ0n) is 39.8. The van der Waals surface area contributed by atoms with Gasteiger partial charge in [0.05, 0.1) is 15.8 Å². The zero-order valence-corrected chi connectivity index (χ0v) is 40.6. The van der Waals surface area contributed by atoms with E-state index in [1.807, 2.05) is 11.3 Å². The van der Waals surface area contributed by atoms with E-state index < -0.39 is 5.41 Å². The number of hydrogen-bond donors (Lipinski definition) is 0. The van der Waals surface area contributed by atoms with E-state index in [-0.39, 0.29) is 10.8 Å². The number of fused-ring (bicyclic) bond motifs is 16. The van der Waals surface area contributed by atoms with E-state index in [4.69, 9.17) is 0 Å². The number of aryl methyl sites for hydroxylation is 1. The van der Waals surface area contributed by atoms with Crippen molar-refractivity contribution >= 4 is 70.1 Å². The van der Waals surface area contributed by atoms with Crippen LogP contribution in [0, 0.1) is 6.92 Å². The van der Waals surface area contributed by atoms with E-state index in [9.17, 15) is 0 Å². The molecule has 1 heterocycles. The predicted octanol–water partition coefficient (Wildman–Crippen LogP) is 18.7. The van der Waals surface area contributed by atoms with E-state index in [0.29, 0.717) is 0 Å². The molecule has 10 aromatic carbocycles. The quantitative estimate of drug-likeness (QED) is 0.170. The van der Waals surface area contributed by atoms with E-state index >= 15 is 0 Å². The van der Waals surface area contributed by atoms with Crippen LogP contribution in [0.2, 0.25) is 0 Å². The first-order valence-corrected chi connectivity index (χ1v) is 25.0. The Morgan fingerprint density at radius 3 is 1.63 bits per heavy atom. The predicted molar refractivity (Wildman–Crippen MR) is 293 cm³/mol. The van der Waals surface area contributed by atoms with Crippen molar-refractivity contribution in [3.63, 3.8) is 0 Å². The smallest absolute Gasteiger partial charge is 0.0726 e. The van der Waals surface area contributed by atoms with Crippen LogP contribution in [-0.2, 0) is 16.2 Å². The van der Waals surface area contributed by atoms with Crippen LogP contribution >= 0.6 is 11.3 Å². The number of benzene rings is 10. The molecule has 13 rings (SSSR count). The molecule has 11 aromatic rings. The highest BCUT2D eigenvalue weighted by molar-refractivity contribution is 7.26. The molecule has 2 aliphatic rings. The average Bonchev–Trinajstić information content (AvgIpc) is 3.99. The number of nitrogens with zero attached hydrogens (tertiary/aromatic N) is 1. The summed E-state index contributed by atoms with van der Waals surface area (Å²) in [4.78, 5) is 2.57. The van der Waals surface area contributed by atoms with Crippen LogP contribution in [0.3, 0.4) is 0 Å². The summed E-state index contributed by atoms with van der Waals surface area (Å²) in [6, 6.07) is 74.3. The molecule has 0 N–H and O–H groups in total. The minimum absolute atomic E-state index is 0.0244. The second kappa shape index (κ2) is 14.6. The Morgan fingerprint density at radius 2 is 0.926 bits per heavy atom. The maximum Gasteiger partial charge on any atom is 0.0726 e. The van der Waals surface area contributed by atoms with Crippen LogP contribution in [0.1, 0.15) is 80.5 Å². The van der Waals surface area contributed by atoms with Crippen molar-refractivity contribution in [3.05, 3.63) is 233 Å². The molecule has 2 aliphatic carbocycles. The van der Waals surface area contributed by atoms with E-state index in [1.54, 1.807) is 0 Å². The fraction of sp³-hybridized carbons (Fsp3) is 0.152. The summed E-state index contributed by atoms with van der Waals surface area (Å²) in [6.07, 6.45) is 0. The van der Waals surface area contributed by atoms with Crippen LogP contribution < -0.4 is 4.90 Å². The monoisotopic (exact) mass is 891 g/mol. The van der Waals surface area contributed by atoms with E-state index in [1.165, 1.54) is 120 Å². The van der Waals surface area contributed by atoms with E-state index in [2.05, 4.69) is 247 Å². The SMILES string of the molecule is Cc1cccc2c1sc1c(N(c3ccc(-c4cccc5ccccc45)cc3)c3ccc4c(c3)C3(c5ccccc5-4)c4cc(C(C)(C)C)ccc4-c4ccc(C(C)(C)C)cc43)cc3ccccc3c12. The maximum absolute atomic E-state index is 2.57. The first kappa shape index (κ1) is 41.0. The third-order valence-corrected chi connectivity index (χ3v) is 16.7. The molecule has 0 atom stereocenters. The van der Waals surface area contributed by atoms with Gasteiger partial charge in [-0.3, -0.25) is 0 Å². The minimum atomic E-state index is -0.521. The summed E-state index contributed by atoms with van der Waals surface area (Å²) in [7, 11) is 0. The topological polar surface area (TPSA) is 3.24 Å². The molecular formula is C66H53NS. The van der Waals surface area contributed by atoms with Crippen LogP contribution in [0.5, 0.6) is 0 Å². The molecule has 0 fully saturated rings. The van der Waals surface area contributed by atoms with Gasteiger partial charge >= 0.3 is 0 Å². The molecule has 0 saturated carbocycles. The first-order valence-electron chi connectivity index (χ1n) is 24.2. The van der Waals surface area contributed by atoms with E-state index in [0.717, 1.165) is 11.4 Å². The van der Waals surface area contributed by atoms with Crippen molar-refractivity contribution in [2.45, 2.75) is 64.7 Å². The van der Waals surface area contributed by atoms with Gasteiger partial charge in [0.2, 0.25) is 0 Å². The fourth-order valence-corrected chi connectivity index (χ4v) is 13.2. The number of anilines is 3. The molecule has 328 valence electrons. The normalized spacial score (nSPS) is 13.6. The summed E-state index contributed by atoms with van der Waals surface area (Å²) >= 11 is 1.93. The third-order valence-electron chi connectivity index (χ3n) is 15.3. The van der Waals surface area contributed by atoms with Gasteiger partial charge in [0.1, 0.15) is 0 Å². The molecule has 0 saturated heterocycles. The van der Waals surface area contributed by atoms with Crippen molar-refractivity contribution in [2.24, 2.45) is 0 Å². The fourth-order valence-electron chi connectivity index (χ4n) is 11.9. The van der Waals surface area contributed by atoms with Crippen molar-refractivity contribution in [1.29, 1.82) is 0 Å². The number of rotatable bonds is 4. The summed E-state index contributed by atoms with van der Waals surface area (Å²) in [5, 5.41) is 7.69. The molecule has 0 amide bonds. The van der Waals surface area contributed by atoms with Gasteiger partial charge in [-0.05, 0) is 142 Å². The van der Waals surface area contributed by atoms with Crippen LogP contribution in [0.4, 0.5) is 17.1 Å². The minimum Gasteiger partial charge on any atom is -0.309 e. The Hall–Kier alpha value is -7.26. The third kappa shape index (κ3) is 5.86. The van der Waals surface area contributed by atoms with Crippen molar-refractivity contribution < 1.29 is 0 Å². The van der Waals surface area contributed by atoms with Crippen LogP contribution in [0.15, 0.2) is 194 Å². The lowest BCUT2D eigenvalue weighted by Gasteiger charge is -2.34. The largest absolute Gasteiger partial charge is 0.309 e. The lowest BCUT2D eigenvalue weighted by molar-refractivity contribution is 0.586. The summed E-state index contributed by atoms with van der Waals surface area (Å²) in [5.74, 6) is 0. The molecule has 0 aliphatic heterocycles. The number of hydrogen-bond acceptors (Lipinski definition) is 2. The van der Waals surface area contributed by atoms with Gasteiger partial charge in [-0.25, -0.2) is 0 Å². The second-order valence-corrected chi connectivity index (χ2v) is 22.4. The van der Waals surface area contributed by atoms with Gasteiger partial charge < -0.3 is 4.90 Å². The average molecular weight is 892 g/mol. The van der Waals surface area contributed by atoms with Crippen molar-refractivity contribution in [3.8, 4) is 33.4 Å². The van der Waals surface area contributed by atoms with Gasteiger partial charge in [-0.15, -0.1) is 11.3 Å². The molecule has 0 radical (unpaired) electrons. The van der Waals surface area contributed by atoms with Gasteiger partial charge in [0.15, 0.2) is 0 Å². The highest BCUT2D eigenvalue weighted by Gasteiger charge is 2.52. The summed E-state index contributed by atoms with van der Waals surface area (Å²) in [6.45, 7) is 16.3. The van der Waals surface area contributed by atoms with Crippen LogP contribution in [-0.4, -0.2) is 0 Å². The van der Waals surface area contributed by atoms with Crippen molar-refractivity contribution in [1.82, 2.24) is 0 Å². The Labute approximate surface area is 404 Å². The maximum atomic E-state index is 2.57. The molecule has 68 heavy (non-hydrogen) atoms. The molecule has 0 unspecified atom stereocenters. The molecule has 0 bridgehead atoms. The van der Waals surface area contributed by atoms with Gasteiger partial charge in [-0.2, -0.15) is 0 Å². The summed E-state index contributed by atoms with van der Waals surface area (Å²) < 4.78 is 2.64. The lowest BCUT2D eigenvalue weighted by atomic mass is 9.68. The second-order valence-electron chi connectivity index (χ2n) is 21.3. The zero-order chi connectivity index (χ0) is 46.3. The van der Waals surface area contributed by atoms with Gasteiger partial charge in [0, 0.05) is 26.8 Å². The standard InChI is InChI=1S/C66H53NS/c1-40-16-14-24-55-61-50-21-11-9-18-43(50)36-60(63(61)68-62(40)55)67(46-30-26-42(27-31-46)49-23-15-19-41-17-8-10-20-48(41)49)47-32-35-54-51-22-12-13-25-56(51)66(59(54)39-47)57-37-44(64(2,3)4)28-33-52(57)53-34-29-45(38-58(53)66)65(5,6)7/h8-39H,1-7H3. The molecule has 1 aromatic heterocycles. The Morgan fingerprint density at radius 1 is 0.397 bits per heavy atom. The van der Waals surface area contributed by atoms with Gasteiger partial charge in [-0.1, -0.05) is 205 Å². The lowest BCUT2D eigenvalue weighted by Crippen LogP contribution is -2.27. The summed E-state index contributed by atoms with van der Waals surface area (Å²) in [5.41, 5.74) is 20.1. The Balaban J connectivity index is 1.12. The Bertz CT molecular complexity index is 3820. The molecule has 2 heteroatoms. The number of thiophene rings is 1. The van der Waals surface area contributed by atoms with Crippen molar-refractivity contribution in [2.75, 3.05) is 4.90 Å². The van der Waals surface area contributed by atoms with Gasteiger partial charge in [0.25, 0.3) is 0 Å². The van der Waals surface area contributed by atoms with Crippen LogP contribution in [0.25, 0.3) is 75.1 Å². The highest BCUT2D eigenvalue weighted by atomic mass is 32.1. The highest BCUT2D eigenvalue weighted by Crippen LogP contribution is 2.64.